The number of hydrogen-bond acceptors (Lipinski definition) is 4. The van der Waals surface area contributed by atoms with Crippen molar-refractivity contribution in [3.63, 3.8) is 0 Å². The Morgan fingerprint density at radius 1 is 1.24 bits per heavy atom. The molecule has 6 heteroatoms. The van der Waals surface area contributed by atoms with Crippen molar-refractivity contribution in [2.75, 3.05) is 14.2 Å². The molecule has 1 unspecified atom stereocenters. The number of methoxy groups -OCH3 is 2. The largest absolute Gasteiger partial charge is 0.497 e. The fourth-order valence-corrected chi connectivity index (χ4v) is 3.14. The zero-order chi connectivity index (χ0) is 18.0. The molecular formula is C19H20N2O4. The van der Waals surface area contributed by atoms with E-state index in [1.54, 1.807) is 32.5 Å². The molecule has 0 bridgehead atoms. The molecule has 1 N–H and O–H groups in total. The van der Waals surface area contributed by atoms with Gasteiger partial charge in [-0.1, -0.05) is 6.07 Å². The quantitative estimate of drug-likeness (QED) is 0.745. The molecule has 0 fully saturated rings. The monoisotopic (exact) mass is 340 g/mol. The number of ether oxygens (including phenoxy) is 2. The maximum absolute atomic E-state index is 11.6. The minimum atomic E-state index is -0.890. The third kappa shape index (κ3) is 3.15. The summed E-state index contributed by atoms with van der Waals surface area (Å²) in [5.41, 5.74) is 3.34. The van der Waals surface area contributed by atoms with Crippen molar-refractivity contribution < 1.29 is 19.4 Å². The third-order valence-electron chi connectivity index (χ3n) is 4.30. The summed E-state index contributed by atoms with van der Waals surface area (Å²) in [6.07, 6.45) is 1.65. The second-order valence-corrected chi connectivity index (χ2v) is 5.80. The number of fused-ring (bicyclic) bond motifs is 1. The minimum Gasteiger partial charge on any atom is -0.497 e. The summed E-state index contributed by atoms with van der Waals surface area (Å²) in [4.78, 5) is 16.0. The zero-order valence-corrected chi connectivity index (χ0v) is 14.4. The van der Waals surface area contributed by atoms with Crippen molar-refractivity contribution >= 4 is 11.6 Å². The number of hydrogen-bond donors (Lipinski definition) is 1. The van der Waals surface area contributed by atoms with Crippen LogP contribution in [0.3, 0.4) is 0 Å². The van der Waals surface area contributed by atoms with Gasteiger partial charge in [-0.25, -0.2) is 4.98 Å². The number of aromatic nitrogens is 2. The fraction of sp³-hybridized carbons (Fsp3) is 0.263. The summed E-state index contributed by atoms with van der Waals surface area (Å²) < 4.78 is 12.8. The van der Waals surface area contributed by atoms with E-state index in [1.807, 2.05) is 35.6 Å². The van der Waals surface area contributed by atoms with Crippen LogP contribution in [0.2, 0.25) is 0 Å². The molecule has 3 aromatic rings. The van der Waals surface area contributed by atoms with E-state index in [1.165, 1.54) is 0 Å². The van der Waals surface area contributed by atoms with Gasteiger partial charge in [-0.15, -0.1) is 0 Å². The summed E-state index contributed by atoms with van der Waals surface area (Å²) in [6, 6.07) is 11.2. The van der Waals surface area contributed by atoms with Gasteiger partial charge in [-0.2, -0.15) is 0 Å². The van der Waals surface area contributed by atoms with E-state index < -0.39 is 11.9 Å². The topological polar surface area (TPSA) is 73.1 Å². The van der Waals surface area contributed by atoms with Crippen LogP contribution in [0, 0.1) is 6.92 Å². The van der Waals surface area contributed by atoms with Gasteiger partial charge in [-0.3, -0.25) is 4.79 Å². The SMILES string of the molecule is COc1ccc(OC)c(C(CC(=O)O)c2cnc3cccc(C)n23)c1. The lowest BCUT2D eigenvalue weighted by atomic mass is 9.91. The summed E-state index contributed by atoms with van der Waals surface area (Å²) in [6.45, 7) is 1.97. The number of carbonyl (C=O) groups is 1. The standard InChI is InChI=1S/C19H20N2O4/c1-12-5-4-6-18-20-11-16(21(12)18)14(10-19(22)23)15-9-13(24-2)7-8-17(15)25-3/h4-9,11,14H,10H2,1-3H3,(H,22,23). The number of nitrogens with zero attached hydrogens (tertiary/aromatic N) is 2. The molecule has 25 heavy (non-hydrogen) atoms. The second-order valence-electron chi connectivity index (χ2n) is 5.80. The first-order chi connectivity index (χ1) is 12.0. The highest BCUT2D eigenvalue weighted by Crippen LogP contribution is 2.37. The van der Waals surface area contributed by atoms with Gasteiger partial charge in [0.1, 0.15) is 17.1 Å². The molecule has 0 saturated carbocycles. The van der Waals surface area contributed by atoms with E-state index >= 15 is 0 Å². The van der Waals surface area contributed by atoms with E-state index in [0.717, 1.165) is 22.6 Å². The molecule has 2 heterocycles. The van der Waals surface area contributed by atoms with Crippen molar-refractivity contribution in [1.82, 2.24) is 9.38 Å². The maximum atomic E-state index is 11.6. The maximum Gasteiger partial charge on any atom is 0.304 e. The molecule has 1 aromatic carbocycles. The van der Waals surface area contributed by atoms with Crippen LogP contribution in [0.15, 0.2) is 42.6 Å². The van der Waals surface area contributed by atoms with Gasteiger partial charge >= 0.3 is 5.97 Å². The van der Waals surface area contributed by atoms with Gasteiger partial charge in [-0.05, 0) is 37.3 Å². The smallest absolute Gasteiger partial charge is 0.304 e. The lowest BCUT2D eigenvalue weighted by molar-refractivity contribution is -0.137. The Kier molecular flexibility index (Phi) is 4.61. The third-order valence-corrected chi connectivity index (χ3v) is 4.30. The van der Waals surface area contributed by atoms with Crippen LogP contribution in [0.25, 0.3) is 5.65 Å². The molecule has 130 valence electrons. The molecule has 0 aliphatic heterocycles. The number of carboxylic acids is 1. The molecule has 3 rings (SSSR count). The van der Waals surface area contributed by atoms with Crippen LogP contribution in [0.4, 0.5) is 0 Å². The van der Waals surface area contributed by atoms with Crippen molar-refractivity contribution in [2.45, 2.75) is 19.3 Å². The normalized spacial score (nSPS) is 12.1. The number of benzene rings is 1. The first-order valence-electron chi connectivity index (χ1n) is 7.91. The van der Waals surface area contributed by atoms with Crippen molar-refractivity contribution in [2.24, 2.45) is 0 Å². The lowest BCUT2D eigenvalue weighted by Crippen LogP contribution is -2.12. The summed E-state index contributed by atoms with van der Waals surface area (Å²) in [7, 11) is 3.15. The Morgan fingerprint density at radius 3 is 2.72 bits per heavy atom. The molecule has 2 aromatic heterocycles. The van der Waals surface area contributed by atoms with E-state index in [4.69, 9.17) is 9.47 Å². The van der Waals surface area contributed by atoms with Gasteiger partial charge in [0.2, 0.25) is 0 Å². The van der Waals surface area contributed by atoms with E-state index in [9.17, 15) is 9.90 Å². The number of aliphatic carboxylic acids is 1. The van der Waals surface area contributed by atoms with Crippen LogP contribution in [-0.4, -0.2) is 34.7 Å². The number of imidazole rings is 1. The molecule has 0 aliphatic rings. The van der Waals surface area contributed by atoms with E-state index in [-0.39, 0.29) is 6.42 Å². The average molecular weight is 340 g/mol. The first-order valence-corrected chi connectivity index (χ1v) is 7.91. The highest BCUT2D eigenvalue weighted by Gasteiger charge is 2.25. The van der Waals surface area contributed by atoms with Gasteiger partial charge in [0.15, 0.2) is 0 Å². The van der Waals surface area contributed by atoms with Gasteiger partial charge in [0.05, 0.1) is 26.3 Å². The molecule has 0 spiro atoms. The van der Waals surface area contributed by atoms with Crippen molar-refractivity contribution in [1.29, 1.82) is 0 Å². The predicted molar refractivity (Wildman–Crippen MR) is 93.6 cm³/mol. The number of pyridine rings is 1. The van der Waals surface area contributed by atoms with Crippen molar-refractivity contribution in [3.05, 3.63) is 59.5 Å². The highest BCUT2D eigenvalue weighted by atomic mass is 16.5. The van der Waals surface area contributed by atoms with Crippen LogP contribution in [0.5, 0.6) is 11.5 Å². The Labute approximate surface area is 145 Å². The van der Waals surface area contributed by atoms with Crippen molar-refractivity contribution in [3.8, 4) is 11.5 Å². The molecule has 0 aliphatic carbocycles. The molecule has 1 atom stereocenters. The number of aryl methyl sites for hydroxylation is 1. The molecule has 0 radical (unpaired) electrons. The van der Waals surface area contributed by atoms with Gasteiger partial charge in [0.25, 0.3) is 0 Å². The first kappa shape index (κ1) is 16.8. The Balaban J connectivity index is 2.23. The number of rotatable bonds is 6. The lowest BCUT2D eigenvalue weighted by Gasteiger charge is -2.20. The molecule has 0 saturated heterocycles. The zero-order valence-electron chi connectivity index (χ0n) is 14.4. The highest BCUT2D eigenvalue weighted by molar-refractivity contribution is 5.69. The molecule has 0 amide bonds. The Hall–Kier alpha value is -3.02. The fourth-order valence-electron chi connectivity index (χ4n) is 3.14. The van der Waals surface area contributed by atoms with Gasteiger partial charge < -0.3 is 19.0 Å². The van der Waals surface area contributed by atoms with Crippen LogP contribution < -0.4 is 9.47 Å². The second kappa shape index (κ2) is 6.84. The number of carboxylic acid groups (broad SMARTS) is 1. The van der Waals surface area contributed by atoms with E-state index in [0.29, 0.717) is 11.5 Å². The molecule has 6 nitrogen and oxygen atoms in total. The summed E-state index contributed by atoms with van der Waals surface area (Å²) in [5, 5.41) is 9.47. The minimum absolute atomic E-state index is 0.0777. The predicted octanol–water partition coefficient (Wildman–Crippen LogP) is 3.27. The van der Waals surface area contributed by atoms with Crippen LogP contribution >= 0.6 is 0 Å². The average Bonchev–Trinajstić information content (AvgIpc) is 3.04. The molecular weight excluding hydrogens is 320 g/mol. The Bertz CT molecular complexity index is 917. The van der Waals surface area contributed by atoms with Crippen LogP contribution in [-0.2, 0) is 4.79 Å². The van der Waals surface area contributed by atoms with Gasteiger partial charge in [0, 0.05) is 23.4 Å². The van der Waals surface area contributed by atoms with Crippen LogP contribution in [0.1, 0.15) is 29.3 Å². The summed E-state index contributed by atoms with van der Waals surface area (Å²) >= 11 is 0. The van der Waals surface area contributed by atoms with E-state index in [2.05, 4.69) is 4.98 Å². The Morgan fingerprint density at radius 2 is 2.04 bits per heavy atom. The summed E-state index contributed by atoms with van der Waals surface area (Å²) in [5.74, 6) is -0.0376.